The van der Waals surface area contributed by atoms with Crippen molar-refractivity contribution in [3.05, 3.63) is 35.4 Å². The Balaban J connectivity index is 2.96. The Kier molecular flexibility index (Phi) is 6.13. The van der Waals surface area contributed by atoms with Gasteiger partial charge in [-0.2, -0.15) is 0 Å². The number of halogens is 1. The Morgan fingerprint density at radius 1 is 1.30 bits per heavy atom. The number of benzene rings is 1. The third-order valence-corrected chi connectivity index (χ3v) is 2.96. The lowest BCUT2D eigenvalue weighted by atomic mass is 9.72. The molecule has 0 saturated carbocycles. The van der Waals surface area contributed by atoms with E-state index < -0.39 is 17.2 Å². The van der Waals surface area contributed by atoms with Crippen LogP contribution >= 0.6 is 11.6 Å². The largest absolute Gasteiger partial charge is 0.444 e. The molecule has 0 aliphatic rings. The molecule has 0 unspecified atom stereocenters. The number of rotatable bonds is 4. The predicted octanol–water partition coefficient (Wildman–Crippen LogP) is 1.74. The second-order valence-corrected chi connectivity index (χ2v) is 6.30. The summed E-state index contributed by atoms with van der Waals surface area (Å²) in [5, 5.41) is 21.2. The van der Waals surface area contributed by atoms with E-state index in [9.17, 15) is 9.90 Å². The maximum Gasteiger partial charge on any atom is 0.411 e. The Morgan fingerprint density at radius 3 is 2.22 bits per heavy atom. The third kappa shape index (κ3) is 6.15. The Morgan fingerprint density at radius 2 is 1.83 bits per heavy atom. The van der Waals surface area contributed by atoms with Crippen LogP contribution in [0.1, 0.15) is 31.9 Å². The SMILES string of the molecule is [B]C([B])(O)N(Cc1ccc(/C(Cl)=N/O)cc1)C(=O)OC(C)(C)C. The number of carbonyl (C=O) groups excluding carboxylic acids is 1. The molecule has 1 aromatic rings. The van der Waals surface area contributed by atoms with Crippen molar-refractivity contribution in [1.82, 2.24) is 4.90 Å². The van der Waals surface area contributed by atoms with Crippen LogP contribution in [-0.2, 0) is 11.3 Å². The van der Waals surface area contributed by atoms with Gasteiger partial charge in [-0.25, -0.2) is 4.79 Å². The van der Waals surface area contributed by atoms with E-state index in [1.807, 2.05) is 0 Å². The number of aliphatic hydroxyl groups is 1. The molecule has 1 amide bonds. The van der Waals surface area contributed by atoms with Crippen LogP contribution in [0, 0.1) is 0 Å². The van der Waals surface area contributed by atoms with Gasteiger partial charge in [-0.15, -0.1) is 0 Å². The summed E-state index contributed by atoms with van der Waals surface area (Å²) < 4.78 is 5.17. The van der Waals surface area contributed by atoms with Crippen LogP contribution in [0.15, 0.2) is 29.4 Å². The molecule has 9 heteroatoms. The summed E-state index contributed by atoms with van der Waals surface area (Å²) in [5.74, 6) is 0. The normalized spacial score (nSPS) is 12.8. The van der Waals surface area contributed by atoms with Gasteiger partial charge in [-0.05, 0) is 26.3 Å². The van der Waals surface area contributed by atoms with Crippen LogP contribution in [0.4, 0.5) is 4.79 Å². The first kappa shape index (κ1) is 19.4. The monoisotopic (exact) mass is 334 g/mol. The van der Waals surface area contributed by atoms with E-state index in [-0.39, 0.29) is 11.7 Å². The Bertz CT molecular complexity index is 580. The molecule has 4 radical (unpaired) electrons. The van der Waals surface area contributed by atoms with Crippen molar-refractivity contribution >= 4 is 38.6 Å². The minimum Gasteiger partial charge on any atom is -0.444 e. The van der Waals surface area contributed by atoms with E-state index in [0.29, 0.717) is 11.1 Å². The summed E-state index contributed by atoms with van der Waals surface area (Å²) in [6, 6.07) is 6.39. The molecule has 0 atom stereocenters. The topological polar surface area (TPSA) is 82.4 Å². The molecular weight excluding hydrogens is 317 g/mol. The van der Waals surface area contributed by atoms with Gasteiger partial charge in [-0.3, -0.25) is 4.90 Å². The fourth-order valence-corrected chi connectivity index (χ4v) is 1.77. The van der Waals surface area contributed by atoms with Crippen LogP contribution in [0.2, 0.25) is 0 Å². The highest BCUT2D eigenvalue weighted by atomic mass is 35.5. The molecule has 23 heavy (non-hydrogen) atoms. The highest BCUT2D eigenvalue weighted by Gasteiger charge is 2.31. The number of oxime groups is 1. The van der Waals surface area contributed by atoms with Gasteiger partial charge in [0.05, 0.1) is 12.1 Å². The summed E-state index contributed by atoms with van der Waals surface area (Å²) in [5.41, 5.74) is -2.06. The number of ether oxygens (including phenoxy) is 1. The first-order valence-corrected chi connectivity index (χ1v) is 7.09. The van der Waals surface area contributed by atoms with Crippen LogP contribution in [0.3, 0.4) is 0 Å². The van der Waals surface area contributed by atoms with Crippen molar-refractivity contribution in [3.63, 3.8) is 0 Å². The lowest BCUT2D eigenvalue weighted by molar-refractivity contribution is -0.0214. The Hall–Kier alpha value is -1.66. The second-order valence-electron chi connectivity index (χ2n) is 5.94. The van der Waals surface area contributed by atoms with Crippen molar-refractivity contribution in [3.8, 4) is 0 Å². The molecule has 0 spiro atoms. The fourth-order valence-electron chi connectivity index (χ4n) is 1.64. The third-order valence-electron chi connectivity index (χ3n) is 2.67. The molecule has 0 aromatic heterocycles. The van der Waals surface area contributed by atoms with E-state index in [2.05, 4.69) is 5.16 Å². The van der Waals surface area contributed by atoms with Crippen molar-refractivity contribution in [2.24, 2.45) is 5.16 Å². The minimum absolute atomic E-state index is 0.0743. The average Bonchev–Trinajstić information content (AvgIpc) is 2.41. The highest BCUT2D eigenvalue weighted by molar-refractivity contribution is 6.69. The lowest BCUT2D eigenvalue weighted by Gasteiger charge is -2.36. The van der Waals surface area contributed by atoms with Crippen LogP contribution < -0.4 is 0 Å². The summed E-state index contributed by atoms with van der Waals surface area (Å²) >= 11 is 5.68. The zero-order valence-electron chi connectivity index (χ0n) is 13.2. The standard InChI is InChI=1S/C14H17B2ClN2O4/c1-13(2,3)23-12(20)19(14(15,16)21)8-9-4-6-10(7-5-9)11(17)18-22/h4-7,21-22H,8H2,1-3H3/b18-11-. The van der Waals surface area contributed by atoms with E-state index in [4.69, 9.17) is 37.2 Å². The highest BCUT2D eigenvalue weighted by Crippen LogP contribution is 2.18. The van der Waals surface area contributed by atoms with E-state index in [1.165, 1.54) is 0 Å². The number of nitrogens with zero attached hydrogens (tertiary/aromatic N) is 2. The second kappa shape index (κ2) is 7.27. The summed E-state index contributed by atoms with van der Waals surface area (Å²) in [6.45, 7) is 4.95. The molecule has 2 N–H and O–H groups in total. The molecule has 0 bridgehead atoms. The van der Waals surface area contributed by atoms with Gasteiger partial charge < -0.3 is 15.1 Å². The van der Waals surface area contributed by atoms with Crippen molar-refractivity contribution in [2.75, 3.05) is 0 Å². The molecule has 1 rings (SSSR count). The molecule has 120 valence electrons. The average molecular weight is 334 g/mol. The van der Waals surface area contributed by atoms with Gasteiger partial charge in [0, 0.05) is 5.56 Å². The predicted molar refractivity (Wildman–Crippen MR) is 88.9 cm³/mol. The smallest absolute Gasteiger partial charge is 0.411 e. The quantitative estimate of drug-likeness (QED) is 0.289. The number of hydrogen-bond donors (Lipinski definition) is 2. The van der Waals surface area contributed by atoms with Crippen molar-refractivity contribution < 1.29 is 19.8 Å². The molecular formula is C14H17B2ClN2O4. The zero-order valence-corrected chi connectivity index (χ0v) is 13.9. The van der Waals surface area contributed by atoms with Crippen molar-refractivity contribution in [1.29, 1.82) is 0 Å². The molecule has 0 aliphatic carbocycles. The molecule has 0 fully saturated rings. The van der Waals surface area contributed by atoms with E-state index in [0.717, 1.165) is 4.90 Å². The van der Waals surface area contributed by atoms with Crippen LogP contribution in [0.25, 0.3) is 0 Å². The van der Waals surface area contributed by atoms with E-state index in [1.54, 1.807) is 45.0 Å². The first-order valence-electron chi connectivity index (χ1n) is 6.71. The summed E-state index contributed by atoms with van der Waals surface area (Å²) in [4.78, 5) is 12.9. The van der Waals surface area contributed by atoms with Gasteiger partial charge >= 0.3 is 6.09 Å². The summed E-state index contributed by atoms with van der Waals surface area (Å²) in [7, 11) is 10.9. The maximum absolute atomic E-state index is 12.1. The van der Waals surface area contributed by atoms with Gasteiger partial charge in [-0.1, -0.05) is 41.0 Å². The van der Waals surface area contributed by atoms with Crippen LogP contribution in [0.5, 0.6) is 0 Å². The fraction of sp³-hybridized carbons (Fsp3) is 0.429. The molecule has 1 aromatic carbocycles. The molecule has 0 saturated heterocycles. The molecule has 0 aliphatic heterocycles. The minimum atomic E-state index is -2.38. The molecule has 6 nitrogen and oxygen atoms in total. The van der Waals surface area contributed by atoms with Gasteiger partial charge in [0.2, 0.25) is 0 Å². The van der Waals surface area contributed by atoms with Gasteiger partial charge in [0.1, 0.15) is 21.3 Å². The van der Waals surface area contributed by atoms with Crippen molar-refractivity contribution in [2.45, 2.75) is 38.4 Å². The van der Waals surface area contributed by atoms with Gasteiger partial charge in [0.15, 0.2) is 5.17 Å². The van der Waals surface area contributed by atoms with Gasteiger partial charge in [0.25, 0.3) is 0 Å². The lowest BCUT2D eigenvalue weighted by Crippen LogP contribution is -2.53. The zero-order chi connectivity index (χ0) is 17.8. The first-order chi connectivity index (χ1) is 10.4. The Labute approximate surface area is 142 Å². The van der Waals surface area contributed by atoms with Crippen LogP contribution in [-0.4, -0.2) is 53.3 Å². The number of hydrogen-bond acceptors (Lipinski definition) is 5. The van der Waals surface area contributed by atoms with E-state index >= 15 is 0 Å². The number of amides is 1. The number of carbonyl (C=O) groups is 1. The maximum atomic E-state index is 12.1. The summed E-state index contributed by atoms with van der Waals surface area (Å²) in [6.07, 6.45) is -0.857. The molecule has 0 heterocycles.